The molecule has 0 N–H and O–H groups in total. The van der Waals surface area contributed by atoms with E-state index in [1.807, 2.05) is 138 Å². The molecule has 264 valence electrons. The van der Waals surface area contributed by atoms with Gasteiger partial charge in [0.2, 0.25) is 0 Å². The Morgan fingerprint density at radius 1 is 0.446 bits per heavy atom. The molecule has 0 saturated carbocycles. The number of anilines is 3. The summed E-state index contributed by atoms with van der Waals surface area (Å²) in [5.41, 5.74) is 7.63. The number of hydrogen-bond acceptors (Lipinski definition) is 4. The van der Waals surface area contributed by atoms with E-state index in [9.17, 15) is 0 Å². The molecular formula is C52H35N3O. The highest BCUT2D eigenvalue weighted by atomic mass is 16.3. The number of nitrogens with zero attached hydrogens (tertiary/aromatic N) is 3. The van der Waals surface area contributed by atoms with Crippen molar-refractivity contribution in [3.05, 3.63) is 212 Å². The average molecular weight is 728 g/mol. The van der Waals surface area contributed by atoms with Crippen molar-refractivity contribution in [2.45, 2.75) is 0 Å². The van der Waals surface area contributed by atoms with Crippen LogP contribution in [-0.4, -0.2) is 9.97 Å². The fourth-order valence-corrected chi connectivity index (χ4v) is 7.04. The third-order valence-electron chi connectivity index (χ3n) is 9.69. The monoisotopic (exact) mass is 727 g/mol. The second-order valence-corrected chi connectivity index (χ2v) is 13.1. The molecular weight excluding hydrogens is 683 g/mol. The van der Waals surface area contributed by atoms with E-state index < -0.39 is 36.3 Å². The molecule has 4 nitrogen and oxygen atoms in total. The zero-order chi connectivity index (χ0) is 46.0. The molecule has 0 unspecified atom stereocenters. The van der Waals surface area contributed by atoms with Gasteiger partial charge in [0, 0.05) is 38.8 Å². The van der Waals surface area contributed by atoms with Crippen LogP contribution in [0.1, 0.15) is 13.7 Å². The largest absolute Gasteiger partial charge is 0.454 e. The van der Waals surface area contributed by atoms with Crippen molar-refractivity contribution in [2.75, 3.05) is 4.90 Å². The van der Waals surface area contributed by atoms with E-state index in [4.69, 9.17) is 28.1 Å². The van der Waals surface area contributed by atoms with Crippen molar-refractivity contribution in [2.24, 2.45) is 0 Å². The summed E-state index contributed by atoms with van der Waals surface area (Å²) in [5.74, 6) is 0.239. The number of rotatable bonds is 8. The summed E-state index contributed by atoms with van der Waals surface area (Å²) in [6.45, 7) is 0. The molecule has 0 radical (unpaired) electrons. The summed E-state index contributed by atoms with van der Waals surface area (Å²) >= 11 is 0. The average Bonchev–Trinajstić information content (AvgIpc) is 3.75. The van der Waals surface area contributed by atoms with E-state index in [1.165, 1.54) is 0 Å². The third-order valence-corrected chi connectivity index (χ3v) is 9.69. The first kappa shape index (κ1) is 24.0. The molecule has 8 aromatic carbocycles. The lowest BCUT2D eigenvalue weighted by Gasteiger charge is -2.26. The van der Waals surface area contributed by atoms with Crippen LogP contribution in [0.15, 0.2) is 217 Å². The number of para-hydroxylation sites is 1. The second-order valence-electron chi connectivity index (χ2n) is 13.1. The molecule has 0 atom stereocenters. The van der Waals surface area contributed by atoms with Crippen LogP contribution in [0, 0.1) is 0 Å². The van der Waals surface area contributed by atoms with E-state index in [-0.39, 0.29) is 46.8 Å². The molecule has 0 spiro atoms. The van der Waals surface area contributed by atoms with Crippen LogP contribution in [0.2, 0.25) is 0 Å². The Balaban J connectivity index is 1.21. The molecule has 0 amide bonds. The molecule has 2 heterocycles. The molecule has 10 rings (SSSR count). The van der Waals surface area contributed by atoms with Crippen LogP contribution >= 0.6 is 0 Å². The first-order chi connectivity index (χ1) is 31.9. The highest BCUT2D eigenvalue weighted by Gasteiger charge is 2.24. The molecule has 0 aliphatic carbocycles. The summed E-state index contributed by atoms with van der Waals surface area (Å²) in [4.78, 5) is 12.1. The van der Waals surface area contributed by atoms with Gasteiger partial charge in [-0.1, -0.05) is 164 Å². The Hall–Kier alpha value is -7.56. The lowest BCUT2D eigenvalue weighted by molar-refractivity contribution is 0.669. The first-order valence-corrected chi connectivity index (χ1v) is 18.0. The molecule has 56 heavy (non-hydrogen) atoms. The maximum Gasteiger partial charge on any atom is 0.161 e. The fraction of sp³-hybridized carbons (Fsp3) is 0. The SMILES string of the molecule is [2H]c1c([2H])c([2H])c(-c2ccc(N(c3ccc(-c4ccccc4)cc3)c3ccc(-c4nc(-c5ccccc5)cc(-c5c([2H])c([2H])c([2H])c([2H])c5[2H])n4)c4c3oc3ccccc34)cc2)c([2H])c1[2H]. The standard InChI is InChI=1S/C52H35N3O/c1-5-15-36(16-6-1)38-25-29-42(30-26-38)55(43-31-27-39(28-32-43)37-17-7-2-8-18-37)48-34-33-45(50-44-23-13-14-24-49(44)56-51(48)50)52-53-46(40-19-9-3-10-20-40)35-47(54-52)41-21-11-4-12-22-41/h1-35H/i1D,3D,5D,6D,9D,10D,15D,16D,19D,20D. The summed E-state index contributed by atoms with van der Waals surface area (Å²) < 4.78 is 91.6. The van der Waals surface area contributed by atoms with Crippen molar-refractivity contribution in [3.63, 3.8) is 0 Å². The van der Waals surface area contributed by atoms with Gasteiger partial charge >= 0.3 is 0 Å². The highest BCUT2D eigenvalue weighted by molar-refractivity contribution is 6.16. The van der Waals surface area contributed by atoms with Gasteiger partial charge in [-0.25, -0.2) is 9.97 Å². The van der Waals surface area contributed by atoms with E-state index in [1.54, 1.807) is 18.2 Å². The molecule has 0 fully saturated rings. The quantitative estimate of drug-likeness (QED) is 0.156. The van der Waals surface area contributed by atoms with Crippen LogP contribution in [0.5, 0.6) is 0 Å². The van der Waals surface area contributed by atoms with E-state index >= 15 is 0 Å². The summed E-state index contributed by atoms with van der Waals surface area (Å²) in [6.07, 6.45) is 0. The number of fused-ring (bicyclic) bond motifs is 3. The smallest absolute Gasteiger partial charge is 0.161 e. The molecule has 0 saturated heterocycles. The summed E-state index contributed by atoms with van der Waals surface area (Å²) in [5, 5.41) is 1.43. The topological polar surface area (TPSA) is 42.2 Å². The van der Waals surface area contributed by atoms with Crippen molar-refractivity contribution in [1.82, 2.24) is 9.97 Å². The number of hydrogen-bond donors (Lipinski definition) is 0. The Kier molecular flexibility index (Phi) is 6.14. The fourth-order valence-electron chi connectivity index (χ4n) is 7.04. The third kappa shape index (κ3) is 6.19. The molecule has 10 aromatic rings. The Bertz CT molecular complexity index is 3470. The maximum atomic E-state index is 8.85. The Labute approximate surface area is 339 Å². The van der Waals surface area contributed by atoms with Crippen molar-refractivity contribution in [1.29, 1.82) is 0 Å². The number of benzene rings is 8. The zero-order valence-electron chi connectivity index (χ0n) is 39.7. The van der Waals surface area contributed by atoms with Gasteiger partial charge in [0.15, 0.2) is 11.4 Å². The van der Waals surface area contributed by atoms with Gasteiger partial charge in [-0.3, -0.25) is 0 Å². The molecule has 0 aliphatic rings. The highest BCUT2D eigenvalue weighted by Crippen LogP contribution is 2.46. The van der Waals surface area contributed by atoms with Crippen molar-refractivity contribution < 1.29 is 18.1 Å². The zero-order valence-corrected chi connectivity index (χ0v) is 29.7. The minimum Gasteiger partial charge on any atom is -0.454 e. The van der Waals surface area contributed by atoms with Crippen molar-refractivity contribution in [3.8, 4) is 56.2 Å². The minimum atomic E-state index is -0.503. The van der Waals surface area contributed by atoms with Gasteiger partial charge in [-0.2, -0.15) is 0 Å². The van der Waals surface area contributed by atoms with Crippen LogP contribution in [-0.2, 0) is 0 Å². The normalized spacial score (nSPS) is 13.7. The van der Waals surface area contributed by atoms with Crippen LogP contribution in [0.3, 0.4) is 0 Å². The van der Waals surface area contributed by atoms with Gasteiger partial charge in [-0.05, 0) is 70.8 Å². The first-order valence-electron chi connectivity index (χ1n) is 23.0. The molecule has 2 aromatic heterocycles. The Morgan fingerprint density at radius 2 is 0.964 bits per heavy atom. The van der Waals surface area contributed by atoms with Gasteiger partial charge in [-0.15, -0.1) is 0 Å². The minimum absolute atomic E-state index is 0.0519. The maximum absolute atomic E-state index is 8.85. The van der Waals surface area contributed by atoms with Crippen molar-refractivity contribution >= 4 is 39.0 Å². The van der Waals surface area contributed by atoms with E-state index in [0.717, 1.165) is 27.8 Å². The molecule has 4 heteroatoms. The van der Waals surface area contributed by atoms with Gasteiger partial charge in [0.1, 0.15) is 5.58 Å². The van der Waals surface area contributed by atoms with E-state index in [2.05, 4.69) is 0 Å². The van der Waals surface area contributed by atoms with Gasteiger partial charge in [0.25, 0.3) is 0 Å². The van der Waals surface area contributed by atoms with Gasteiger partial charge in [0.05, 0.1) is 30.8 Å². The lowest BCUT2D eigenvalue weighted by atomic mass is 10.0. The predicted molar refractivity (Wildman–Crippen MR) is 231 cm³/mol. The molecule has 0 aliphatic heterocycles. The van der Waals surface area contributed by atoms with Crippen LogP contribution < -0.4 is 4.90 Å². The number of aromatic nitrogens is 2. The number of furan rings is 1. The lowest BCUT2D eigenvalue weighted by Crippen LogP contribution is -2.10. The summed E-state index contributed by atoms with van der Waals surface area (Å²) in [6, 6.07) is 43.6. The molecule has 0 bridgehead atoms. The summed E-state index contributed by atoms with van der Waals surface area (Å²) in [7, 11) is 0. The van der Waals surface area contributed by atoms with Crippen LogP contribution in [0.25, 0.3) is 78.1 Å². The van der Waals surface area contributed by atoms with Crippen LogP contribution in [0.4, 0.5) is 17.1 Å². The predicted octanol–water partition coefficient (Wildman–Crippen LogP) is 14.2. The second kappa shape index (κ2) is 14.3. The Morgan fingerprint density at radius 3 is 1.61 bits per heavy atom. The van der Waals surface area contributed by atoms with E-state index in [0.29, 0.717) is 44.7 Å². The van der Waals surface area contributed by atoms with Gasteiger partial charge < -0.3 is 9.32 Å².